The molecule has 2 rings (SSSR count). The van der Waals surface area contributed by atoms with E-state index in [1.54, 1.807) is 12.2 Å². The first-order chi connectivity index (χ1) is 9.73. The van der Waals surface area contributed by atoms with E-state index in [0.717, 1.165) is 51.4 Å². The second kappa shape index (κ2) is 6.78. The normalized spacial score (nSPS) is 24.3. The minimum atomic E-state index is -0.912. The van der Waals surface area contributed by atoms with Crippen molar-refractivity contribution in [1.29, 1.82) is 0 Å². The van der Waals surface area contributed by atoms with E-state index in [1.165, 1.54) is 12.0 Å². The molecule has 2 aliphatic rings. The molecule has 0 heterocycles. The number of isocyanates is 2. The number of nitrogens with zero attached hydrogens (tertiary/aromatic N) is 2. The Labute approximate surface area is 120 Å². The van der Waals surface area contributed by atoms with Crippen LogP contribution in [-0.2, 0) is 9.59 Å². The molecule has 0 saturated heterocycles. The van der Waals surface area contributed by atoms with Gasteiger partial charge in [0.25, 0.3) is 0 Å². The molecular weight excluding hydrogens is 252 g/mol. The molecule has 4 nitrogen and oxygen atoms in total. The molecule has 0 N–H and O–H groups in total. The molecule has 20 heavy (non-hydrogen) atoms. The third-order valence-electron chi connectivity index (χ3n) is 4.95. The molecule has 0 unspecified atom stereocenters. The van der Waals surface area contributed by atoms with Crippen LogP contribution >= 0.6 is 0 Å². The van der Waals surface area contributed by atoms with Crippen LogP contribution in [-0.4, -0.2) is 17.8 Å². The van der Waals surface area contributed by atoms with Gasteiger partial charge in [-0.3, -0.25) is 0 Å². The molecule has 0 radical (unpaired) electrons. The summed E-state index contributed by atoms with van der Waals surface area (Å²) in [6.45, 7) is 4.02. The largest absolute Gasteiger partial charge is 0.237 e. The summed E-state index contributed by atoms with van der Waals surface area (Å²) >= 11 is 0. The summed E-state index contributed by atoms with van der Waals surface area (Å²) in [6, 6.07) is 0. The van der Waals surface area contributed by atoms with Crippen molar-refractivity contribution in [3.63, 3.8) is 0 Å². The second-order valence-electron chi connectivity index (χ2n) is 6.05. The van der Waals surface area contributed by atoms with Crippen molar-refractivity contribution in [3.8, 4) is 0 Å². The number of carbonyl (C=O) groups excluding carboxylic acids is 2. The number of hydrogen-bond acceptors (Lipinski definition) is 4. The van der Waals surface area contributed by atoms with Crippen molar-refractivity contribution >= 4 is 12.2 Å². The van der Waals surface area contributed by atoms with E-state index in [0.29, 0.717) is 0 Å². The van der Waals surface area contributed by atoms with Gasteiger partial charge in [-0.1, -0.05) is 31.4 Å². The van der Waals surface area contributed by atoms with E-state index in [9.17, 15) is 9.59 Å². The predicted molar refractivity (Wildman–Crippen MR) is 76.6 cm³/mol. The fraction of sp³-hybridized carbons (Fsp3) is 0.750. The van der Waals surface area contributed by atoms with Gasteiger partial charge in [-0.25, -0.2) is 9.59 Å². The zero-order valence-electron chi connectivity index (χ0n) is 11.9. The van der Waals surface area contributed by atoms with E-state index in [4.69, 9.17) is 0 Å². The van der Waals surface area contributed by atoms with Gasteiger partial charge in [0.15, 0.2) is 5.66 Å². The number of hydrogen-bond donors (Lipinski definition) is 0. The molecule has 0 aromatic carbocycles. The monoisotopic (exact) mass is 274 g/mol. The van der Waals surface area contributed by atoms with Crippen LogP contribution in [0.15, 0.2) is 22.1 Å². The van der Waals surface area contributed by atoms with Crippen molar-refractivity contribution in [1.82, 2.24) is 0 Å². The Morgan fingerprint density at radius 3 is 1.90 bits per heavy atom. The van der Waals surface area contributed by atoms with Crippen LogP contribution in [0.1, 0.15) is 57.8 Å². The molecule has 0 aromatic heterocycles. The van der Waals surface area contributed by atoms with Crippen molar-refractivity contribution in [2.45, 2.75) is 63.5 Å². The molecule has 2 fully saturated rings. The Kier molecular flexibility index (Phi) is 5.05. The standard InChI is InChI=1S/C16H22N2O2/c1-13-7-9-15(10-8-13)16(17-11-19,18-12-20)14-5-3-2-4-6-14/h14-15H,1-10H2. The molecule has 0 amide bonds. The van der Waals surface area contributed by atoms with Crippen molar-refractivity contribution < 1.29 is 9.59 Å². The third kappa shape index (κ3) is 2.98. The molecule has 2 saturated carbocycles. The summed E-state index contributed by atoms with van der Waals surface area (Å²) in [5.74, 6) is 0.314. The van der Waals surface area contributed by atoms with Crippen LogP contribution in [0.5, 0.6) is 0 Å². The SMILES string of the molecule is C=C1CCC(C(N=C=O)(N=C=O)C2CCCCC2)CC1. The Balaban J connectivity index is 2.32. The van der Waals surface area contributed by atoms with Crippen molar-refractivity contribution in [2.75, 3.05) is 0 Å². The van der Waals surface area contributed by atoms with Gasteiger partial charge in [-0.2, -0.15) is 9.98 Å². The molecule has 0 aromatic rings. The summed E-state index contributed by atoms with van der Waals surface area (Å²) in [7, 11) is 0. The fourth-order valence-corrected chi connectivity index (χ4v) is 3.85. The molecule has 0 spiro atoms. The van der Waals surface area contributed by atoms with E-state index < -0.39 is 5.66 Å². The molecular formula is C16H22N2O2. The van der Waals surface area contributed by atoms with Gasteiger partial charge in [-0.05, 0) is 38.5 Å². The lowest BCUT2D eigenvalue weighted by atomic mass is 9.69. The highest BCUT2D eigenvalue weighted by Crippen LogP contribution is 2.46. The number of aliphatic imine (C=N–C) groups is 2. The van der Waals surface area contributed by atoms with Crippen molar-refractivity contribution in [3.05, 3.63) is 12.2 Å². The van der Waals surface area contributed by atoms with E-state index in [2.05, 4.69) is 16.6 Å². The Morgan fingerprint density at radius 2 is 1.40 bits per heavy atom. The highest BCUT2D eigenvalue weighted by Gasteiger charge is 2.46. The van der Waals surface area contributed by atoms with Gasteiger partial charge in [-0.15, -0.1) is 0 Å². The van der Waals surface area contributed by atoms with Gasteiger partial charge in [0.1, 0.15) is 0 Å². The first-order valence-corrected chi connectivity index (χ1v) is 7.57. The van der Waals surface area contributed by atoms with E-state index in [-0.39, 0.29) is 11.8 Å². The van der Waals surface area contributed by atoms with Gasteiger partial charge in [0, 0.05) is 11.8 Å². The van der Waals surface area contributed by atoms with Crippen molar-refractivity contribution in [2.24, 2.45) is 21.8 Å². The first-order valence-electron chi connectivity index (χ1n) is 7.57. The zero-order chi connectivity index (χ0) is 14.4. The maximum Gasteiger partial charge on any atom is 0.237 e. The van der Waals surface area contributed by atoms with Crippen LogP contribution in [0, 0.1) is 11.8 Å². The van der Waals surface area contributed by atoms with Gasteiger partial charge in [0.05, 0.1) is 0 Å². The quantitative estimate of drug-likeness (QED) is 0.446. The minimum absolute atomic E-state index is 0.138. The maximum absolute atomic E-state index is 10.9. The summed E-state index contributed by atoms with van der Waals surface area (Å²) in [5.41, 5.74) is 0.328. The van der Waals surface area contributed by atoms with Gasteiger partial charge >= 0.3 is 0 Å². The first kappa shape index (κ1) is 14.9. The smallest absolute Gasteiger partial charge is 0.211 e. The van der Waals surface area contributed by atoms with Crippen LogP contribution in [0.25, 0.3) is 0 Å². The molecule has 4 heteroatoms. The summed E-state index contributed by atoms with van der Waals surface area (Å²) in [5, 5.41) is 0. The predicted octanol–water partition coefficient (Wildman–Crippen LogP) is 3.68. The molecule has 2 aliphatic carbocycles. The lowest BCUT2D eigenvalue weighted by Crippen LogP contribution is -2.43. The third-order valence-corrected chi connectivity index (χ3v) is 4.95. The highest BCUT2D eigenvalue weighted by molar-refractivity contribution is 5.40. The highest BCUT2D eigenvalue weighted by atomic mass is 16.1. The molecule has 0 atom stereocenters. The molecule has 0 bridgehead atoms. The Hall–Kier alpha value is -1.50. The topological polar surface area (TPSA) is 58.9 Å². The molecule has 108 valence electrons. The van der Waals surface area contributed by atoms with Gasteiger partial charge < -0.3 is 0 Å². The Bertz CT molecular complexity index is 425. The zero-order valence-corrected chi connectivity index (χ0v) is 11.9. The van der Waals surface area contributed by atoms with Crippen LogP contribution in [0.3, 0.4) is 0 Å². The second-order valence-corrected chi connectivity index (χ2v) is 6.05. The van der Waals surface area contributed by atoms with Crippen LogP contribution in [0.2, 0.25) is 0 Å². The summed E-state index contributed by atoms with van der Waals surface area (Å²) in [4.78, 5) is 30.0. The lowest BCUT2D eigenvalue weighted by Gasteiger charge is -2.41. The van der Waals surface area contributed by atoms with E-state index in [1.807, 2.05) is 0 Å². The van der Waals surface area contributed by atoms with Crippen LogP contribution < -0.4 is 0 Å². The Morgan fingerprint density at radius 1 is 0.900 bits per heavy atom. The van der Waals surface area contributed by atoms with Crippen LogP contribution in [0.4, 0.5) is 0 Å². The summed E-state index contributed by atoms with van der Waals surface area (Å²) in [6.07, 6.45) is 12.4. The summed E-state index contributed by atoms with van der Waals surface area (Å²) < 4.78 is 0. The lowest BCUT2D eigenvalue weighted by molar-refractivity contribution is 0.123. The average molecular weight is 274 g/mol. The maximum atomic E-state index is 10.9. The number of rotatable bonds is 4. The average Bonchev–Trinajstić information content (AvgIpc) is 2.48. The minimum Gasteiger partial charge on any atom is -0.211 e. The van der Waals surface area contributed by atoms with E-state index >= 15 is 0 Å². The number of allylic oxidation sites excluding steroid dienone is 1. The van der Waals surface area contributed by atoms with Gasteiger partial charge in [0.2, 0.25) is 12.2 Å². The fourth-order valence-electron chi connectivity index (χ4n) is 3.85. The molecule has 0 aliphatic heterocycles.